The summed E-state index contributed by atoms with van der Waals surface area (Å²) < 4.78 is 7.17. The van der Waals surface area contributed by atoms with Crippen LogP contribution in [0, 0.1) is 0 Å². The Bertz CT molecular complexity index is 3600. The first kappa shape index (κ1) is 35.7. The van der Waals surface area contributed by atoms with E-state index in [0.717, 1.165) is 61.1 Å². The van der Waals surface area contributed by atoms with Crippen molar-refractivity contribution in [1.29, 1.82) is 0 Å². The zero-order chi connectivity index (χ0) is 41.0. The molecular formula is C60H39NO. The van der Waals surface area contributed by atoms with Gasteiger partial charge in [0, 0.05) is 27.7 Å². The van der Waals surface area contributed by atoms with Crippen molar-refractivity contribution in [3.05, 3.63) is 237 Å². The number of anilines is 3. The topological polar surface area (TPSA) is 16.4 Å². The molecule has 0 unspecified atom stereocenters. The van der Waals surface area contributed by atoms with E-state index in [1.54, 1.807) is 0 Å². The van der Waals surface area contributed by atoms with E-state index in [2.05, 4.69) is 241 Å². The molecule has 0 radical (unpaired) electrons. The van der Waals surface area contributed by atoms with Crippen LogP contribution in [-0.2, 0) is 0 Å². The number of rotatable bonds is 7. The Kier molecular flexibility index (Phi) is 8.53. The lowest BCUT2D eigenvalue weighted by Crippen LogP contribution is -2.10. The van der Waals surface area contributed by atoms with Crippen molar-refractivity contribution < 1.29 is 4.42 Å². The highest BCUT2D eigenvalue weighted by atomic mass is 16.3. The summed E-state index contributed by atoms with van der Waals surface area (Å²) in [7, 11) is 0. The van der Waals surface area contributed by atoms with Gasteiger partial charge in [0.05, 0.1) is 5.69 Å². The van der Waals surface area contributed by atoms with E-state index in [1.165, 1.54) is 54.7 Å². The third kappa shape index (κ3) is 5.96. The maximum absolute atomic E-state index is 7.17. The molecule has 2 nitrogen and oxygen atoms in total. The van der Waals surface area contributed by atoms with Gasteiger partial charge in [-0.3, -0.25) is 0 Å². The summed E-state index contributed by atoms with van der Waals surface area (Å²) in [6, 6.07) is 85.2. The first-order valence-electron chi connectivity index (χ1n) is 21.3. The molecule has 290 valence electrons. The summed E-state index contributed by atoms with van der Waals surface area (Å²) >= 11 is 0. The Morgan fingerprint density at radius 1 is 0.274 bits per heavy atom. The van der Waals surface area contributed by atoms with Gasteiger partial charge in [-0.2, -0.15) is 0 Å². The zero-order valence-corrected chi connectivity index (χ0v) is 33.9. The first-order valence-corrected chi connectivity index (χ1v) is 21.3. The van der Waals surface area contributed by atoms with E-state index in [0.29, 0.717) is 0 Å². The van der Waals surface area contributed by atoms with Crippen LogP contribution >= 0.6 is 0 Å². The minimum Gasteiger partial charge on any atom is -0.453 e. The first-order chi connectivity index (χ1) is 30.8. The van der Waals surface area contributed by atoms with Crippen LogP contribution in [-0.4, -0.2) is 0 Å². The number of nitrogens with zero attached hydrogens (tertiary/aromatic N) is 1. The molecule has 0 N–H and O–H groups in total. The van der Waals surface area contributed by atoms with Gasteiger partial charge in [-0.15, -0.1) is 0 Å². The van der Waals surface area contributed by atoms with Crippen molar-refractivity contribution in [2.24, 2.45) is 0 Å². The molecule has 0 aliphatic heterocycles. The Hall–Kier alpha value is -8.20. The van der Waals surface area contributed by atoms with E-state index in [9.17, 15) is 0 Å². The van der Waals surface area contributed by atoms with E-state index < -0.39 is 0 Å². The van der Waals surface area contributed by atoms with Gasteiger partial charge in [-0.25, -0.2) is 0 Å². The monoisotopic (exact) mass is 789 g/mol. The van der Waals surface area contributed by atoms with Gasteiger partial charge in [0.25, 0.3) is 0 Å². The standard InChI is InChI=1S/C60H39NO/c1-3-15-40(16-4-1)41-31-35-46(36-32-41)61(57-39-45-20-8-10-23-50(45)58-56-30-13-25-51(59(56)62-60(57)58)43-17-5-2-6-18-43)47-37-33-44(34-38-47)49-24-12-28-54-53(49)27-14-29-55(54)52-26-11-21-42-19-7-9-22-48(42)52/h1-39H. The fourth-order valence-corrected chi connectivity index (χ4v) is 9.55. The fraction of sp³-hybridized carbons (Fsp3) is 0. The van der Waals surface area contributed by atoms with Crippen LogP contribution < -0.4 is 4.90 Å². The molecule has 11 aromatic carbocycles. The average Bonchev–Trinajstić information content (AvgIpc) is 3.75. The summed E-state index contributed by atoms with van der Waals surface area (Å²) in [6.07, 6.45) is 0. The molecule has 12 aromatic rings. The molecule has 0 bridgehead atoms. The van der Waals surface area contributed by atoms with Crippen molar-refractivity contribution in [2.75, 3.05) is 4.90 Å². The molecule has 0 amide bonds. The molecule has 0 saturated heterocycles. The van der Waals surface area contributed by atoms with Crippen LogP contribution in [0.5, 0.6) is 0 Å². The number of hydrogen-bond acceptors (Lipinski definition) is 2. The second-order valence-corrected chi connectivity index (χ2v) is 16.0. The molecule has 0 atom stereocenters. The van der Waals surface area contributed by atoms with Crippen LogP contribution in [0.25, 0.3) is 98.8 Å². The number of benzene rings is 11. The highest BCUT2D eigenvalue weighted by molar-refractivity contribution is 6.24. The molecule has 2 heteroatoms. The van der Waals surface area contributed by atoms with Crippen LogP contribution in [0.4, 0.5) is 17.1 Å². The van der Waals surface area contributed by atoms with Gasteiger partial charge >= 0.3 is 0 Å². The molecule has 0 aliphatic carbocycles. The highest BCUT2D eigenvalue weighted by Crippen LogP contribution is 2.48. The number of furan rings is 1. The maximum Gasteiger partial charge on any atom is 0.160 e. The lowest BCUT2D eigenvalue weighted by molar-refractivity contribution is 0.670. The van der Waals surface area contributed by atoms with Gasteiger partial charge < -0.3 is 9.32 Å². The fourth-order valence-electron chi connectivity index (χ4n) is 9.55. The van der Waals surface area contributed by atoms with E-state index in [-0.39, 0.29) is 0 Å². The molecule has 62 heavy (non-hydrogen) atoms. The summed E-state index contributed by atoms with van der Waals surface area (Å²) in [4.78, 5) is 2.36. The predicted octanol–water partition coefficient (Wildman–Crippen LogP) is 17.2. The normalized spacial score (nSPS) is 11.5. The third-order valence-electron chi connectivity index (χ3n) is 12.5. The van der Waals surface area contributed by atoms with Gasteiger partial charge in [0.15, 0.2) is 5.58 Å². The summed E-state index contributed by atoms with van der Waals surface area (Å²) in [5, 5.41) is 9.52. The summed E-state index contributed by atoms with van der Waals surface area (Å²) in [6.45, 7) is 0. The number of para-hydroxylation sites is 1. The van der Waals surface area contributed by atoms with Crippen LogP contribution in [0.2, 0.25) is 0 Å². The van der Waals surface area contributed by atoms with E-state index in [1.807, 2.05) is 0 Å². The molecule has 0 aliphatic rings. The maximum atomic E-state index is 7.17. The second-order valence-electron chi connectivity index (χ2n) is 16.0. The van der Waals surface area contributed by atoms with Crippen molar-refractivity contribution in [2.45, 2.75) is 0 Å². The van der Waals surface area contributed by atoms with E-state index >= 15 is 0 Å². The Morgan fingerprint density at radius 3 is 1.44 bits per heavy atom. The van der Waals surface area contributed by atoms with Crippen LogP contribution in [0.1, 0.15) is 0 Å². The lowest BCUT2D eigenvalue weighted by Gasteiger charge is -2.26. The molecule has 1 aromatic heterocycles. The third-order valence-corrected chi connectivity index (χ3v) is 12.5. The second kappa shape index (κ2) is 14.8. The van der Waals surface area contributed by atoms with Gasteiger partial charge in [0.2, 0.25) is 0 Å². The molecular weight excluding hydrogens is 751 g/mol. The molecule has 1 heterocycles. The Morgan fingerprint density at radius 2 is 0.726 bits per heavy atom. The van der Waals surface area contributed by atoms with Crippen molar-refractivity contribution in [3.8, 4) is 44.5 Å². The summed E-state index contributed by atoms with van der Waals surface area (Å²) in [5.41, 5.74) is 14.2. The van der Waals surface area contributed by atoms with Crippen molar-refractivity contribution >= 4 is 71.3 Å². The minimum absolute atomic E-state index is 0.855. The average molecular weight is 790 g/mol. The Balaban J connectivity index is 1.04. The summed E-state index contributed by atoms with van der Waals surface area (Å²) in [5.74, 6) is 0. The van der Waals surface area contributed by atoms with Gasteiger partial charge in [-0.05, 0) is 102 Å². The van der Waals surface area contributed by atoms with Crippen LogP contribution in [0.3, 0.4) is 0 Å². The highest BCUT2D eigenvalue weighted by Gasteiger charge is 2.23. The van der Waals surface area contributed by atoms with Crippen LogP contribution in [0.15, 0.2) is 241 Å². The zero-order valence-electron chi connectivity index (χ0n) is 33.9. The number of fused-ring (bicyclic) bond motifs is 7. The minimum atomic E-state index is 0.855. The van der Waals surface area contributed by atoms with E-state index in [4.69, 9.17) is 4.42 Å². The van der Waals surface area contributed by atoms with Gasteiger partial charge in [0.1, 0.15) is 5.58 Å². The SMILES string of the molecule is c1ccc(-c2ccc(N(c3ccc(-c4cccc5c(-c6cccc7ccccc67)cccc45)cc3)c3cc4ccccc4c4c3oc3c(-c5ccccc5)cccc34)cc2)cc1. The predicted molar refractivity (Wildman–Crippen MR) is 263 cm³/mol. The molecule has 12 rings (SSSR count). The smallest absolute Gasteiger partial charge is 0.160 e. The van der Waals surface area contributed by atoms with Crippen molar-refractivity contribution in [1.82, 2.24) is 0 Å². The molecule has 0 fully saturated rings. The molecule has 0 spiro atoms. The number of hydrogen-bond donors (Lipinski definition) is 0. The lowest BCUT2D eigenvalue weighted by atomic mass is 9.91. The molecule has 0 saturated carbocycles. The van der Waals surface area contributed by atoms with Gasteiger partial charge in [-0.1, -0.05) is 206 Å². The largest absolute Gasteiger partial charge is 0.453 e. The quantitative estimate of drug-likeness (QED) is 0.160. The van der Waals surface area contributed by atoms with Crippen molar-refractivity contribution in [3.63, 3.8) is 0 Å². The Labute approximate surface area is 360 Å².